The number of carbonyl (C=O) groups is 1. The Labute approximate surface area is 79.9 Å². The number of carbonyl (C=O) groups excluding carboxylic acids is 1. The number of azo groups is 1. The molecule has 0 atom stereocenters. The minimum atomic E-state index is -0.206. The van der Waals surface area contributed by atoms with Crippen LogP contribution in [-0.4, -0.2) is 5.91 Å². The Morgan fingerprint density at radius 1 is 1.08 bits per heavy atom. The second-order valence-corrected chi connectivity index (χ2v) is 3.07. The fraction of sp³-hybridized carbons (Fsp3) is 0.700. The minimum absolute atomic E-state index is 0.206. The van der Waals surface area contributed by atoms with Gasteiger partial charge in [-0.1, -0.05) is 33.1 Å². The SMILES string of the molecule is CC1=C(C)C(=O)N=N1.CCCCC. The molecule has 0 bridgehead atoms. The van der Waals surface area contributed by atoms with Crippen molar-refractivity contribution in [2.45, 2.75) is 47.0 Å². The molecule has 0 saturated carbocycles. The summed E-state index contributed by atoms with van der Waals surface area (Å²) in [5.74, 6) is -0.206. The topological polar surface area (TPSA) is 41.8 Å². The number of allylic oxidation sites excluding steroid dienone is 1. The first kappa shape index (κ1) is 12.0. The molecule has 3 heteroatoms. The fourth-order valence-corrected chi connectivity index (χ4v) is 0.779. The van der Waals surface area contributed by atoms with Gasteiger partial charge in [0, 0.05) is 5.57 Å². The van der Waals surface area contributed by atoms with Gasteiger partial charge < -0.3 is 0 Å². The van der Waals surface area contributed by atoms with Gasteiger partial charge in [-0.25, -0.2) is 0 Å². The largest absolute Gasteiger partial charge is 0.292 e. The van der Waals surface area contributed by atoms with Crippen LogP contribution in [0.15, 0.2) is 21.5 Å². The molecule has 0 aromatic heterocycles. The molecular formula is C10H18N2O. The Morgan fingerprint density at radius 2 is 1.62 bits per heavy atom. The summed E-state index contributed by atoms with van der Waals surface area (Å²) < 4.78 is 0. The zero-order valence-corrected chi connectivity index (χ0v) is 8.92. The Morgan fingerprint density at radius 3 is 1.69 bits per heavy atom. The van der Waals surface area contributed by atoms with Crippen LogP contribution in [0.1, 0.15) is 47.0 Å². The summed E-state index contributed by atoms with van der Waals surface area (Å²) in [5, 5.41) is 6.86. The Hall–Kier alpha value is -0.990. The molecule has 0 fully saturated rings. The first-order chi connectivity index (χ1) is 6.13. The number of amides is 1. The molecule has 1 amide bonds. The highest BCUT2D eigenvalue weighted by Gasteiger charge is 2.11. The Bertz CT molecular complexity index is 223. The van der Waals surface area contributed by atoms with Crippen molar-refractivity contribution in [2.75, 3.05) is 0 Å². The first-order valence-electron chi connectivity index (χ1n) is 4.77. The van der Waals surface area contributed by atoms with E-state index in [4.69, 9.17) is 0 Å². The maximum absolute atomic E-state index is 10.5. The minimum Gasteiger partial charge on any atom is -0.265 e. The quantitative estimate of drug-likeness (QED) is 0.644. The van der Waals surface area contributed by atoms with E-state index in [1.165, 1.54) is 19.3 Å². The molecule has 0 aromatic carbocycles. The predicted octanol–water partition coefficient (Wildman–Crippen LogP) is 3.47. The summed E-state index contributed by atoms with van der Waals surface area (Å²) in [6, 6.07) is 0. The summed E-state index contributed by atoms with van der Waals surface area (Å²) >= 11 is 0. The van der Waals surface area contributed by atoms with Crippen LogP contribution in [0.2, 0.25) is 0 Å². The molecule has 0 aromatic rings. The molecule has 0 aliphatic carbocycles. The van der Waals surface area contributed by atoms with E-state index in [2.05, 4.69) is 24.1 Å². The lowest BCUT2D eigenvalue weighted by molar-refractivity contribution is -0.114. The molecule has 74 valence electrons. The fourth-order valence-electron chi connectivity index (χ4n) is 0.779. The first-order valence-corrected chi connectivity index (χ1v) is 4.77. The van der Waals surface area contributed by atoms with Crippen LogP contribution >= 0.6 is 0 Å². The molecule has 1 rings (SSSR count). The van der Waals surface area contributed by atoms with Gasteiger partial charge in [-0.2, -0.15) is 5.11 Å². The second kappa shape index (κ2) is 6.52. The van der Waals surface area contributed by atoms with Gasteiger partial charge in [0.15, 0.2) is 0 Å². The van der Waals surface area contributed by atoms with E-state index in [1.54, 1.807) is 13.8 Å². The van der Waals surface area contributed by atoms with E-state index >= 15 is 0 Å². The number of rotatable bonds is 2. The third-order valence-electron chi connectivity index (χ3n) is 1.86. The van der Waals surface area contributed by atoms with Crippen molar-refractivity contribution >= 4 is 5.91 Å². The van der Waals surface area contributed by atoms with Crippen LogP contribution in [-0.2, 0) is 4.79 Å². The van der Waals surface area contributed by atoms with Crippen molar-refractivity contribution in [3.8, 4) is 0 Å². The van der Waals surface area contributed by atoms with Gasteiger partial charge in [0.2, 0.25) is 0 Å². The molecule has 1 aliphatic heterocycles. The summed E-state index contributed by atoms with van der Waals surface area (Å²) in [7, 11) is 0. The lowest BCUT2D eigenvalue weighted by Gasteiger charge is -1.81. The molecule has 0 saturated heterocycles. The van der Waals surface area contributed by atoms with Crippen molar-refractivity contribution in [3.63, 3.8) is 0 Å². The molecule has 13 heavy (non-hydrogen) atoms. The Kier molecular flexibility index (Phi) is 6.02. The molecule has 1 heterocycles. The lowest BCUT2D eigenvalue weighted by Crippen LogP contribution is -1.88. The zero-order valence-electron chi connectivity index (χ0n) is 8.92. The van der Waals surface area contributed by atoms with Crippen molar-refractivity contribution in [2.24, 2.45) is 10.2 Å². The molecule has 0 unspecified atom stereocenters. The maximum atomic E-state index is 10.5. The van der Waals surface area contributed by atoms with Crippen LogP contribution in [0, 0.1) is 0 Å². The van der Waals surface area contributed by atoms with Crippen LogP contribution in [0.25, 0.3) is 0 Å². The highest BCUT2D eigenvalue weighted by Crippen LogP contribution is 2.13. The zero-order chi connectivity index (χ0) is 10.3. The van der Waals surface area contributed by atoms with E-state index in [0.717, 1.165) is 5.70 Å². The average molecular weight is 182 g/mol. The summed E-state index contributed by atoms with van der Waals surface area (Å²) in [6.07, 6.45) is 4.08. The van der Waals surface area contributed by atoms with Crippen LogP contribution in [0.5, 0.6) is 0 Å². The van der Waals surface area contributed by atoms with Gasteiger partial charge in [0.25, 0.3) is 5.91 Å². The number of unbranched alkanes of at least 4 members (excludes halogenated alkanes) is 2. The van der Waals surface area contributed by atoms with E-state index in [9.17, 15) is 4.79 Å². The summed E-state index contributed by atoms with van der Waals surface area (Å²) in [5.41, 5.74) is 1.39. The third kappa shape index (κ3) is 4.55. The van der Waals surface area contributed by atoms with Gasteiger partial charge in [-0.3, -0.25) is 4.79 Å². The second-order valence-electron chi connectivity index (χ2n) is 3.07. The van der Waals surface area contributed by atoms with Crippen molar-refractivity contribution in [1.29, 1.82) is 0 Å². The van der Waals surface area contributed by atoms with Crippen LogP contribution in [0.4, 0.5) is 0 Å². The highest BCUT2D eigenvalue weighted by atomic mass is 16.2. The highest BCUT2D eigenvalue weighted by molar-refractivity contribution is 5.95. The molecule has 0 radical (unpaired) electrons. The number of hydrogen-bond acceptors (Lipinski definition) is 2. The smallest absolute Gasteiger partial charge is 0.265 e. The van der Waals surface area contributed by atoms with E-state index in [0.29, 0.717) is 5.57 Å². The van der Waals surface area contributed by atoms with E-state index in [1.807, 2.05) is 0 Å². The Balaban J connectivity index is 0.000000252. The van der Waals surface area contributed by atoms with E-state index < -0.39 is 0 Å². The summed E-state index contributed by atoms with van der Waals surface area (Å²) in [6.45, 7) is 7.91. The van der Waals surface area contributed by atoms with E-state index in [-0.39, 0.29) is 5.91 Å². The maximum Gasteiger partial charge on any atom is 0.292 e. The van der Waals surface area contributed by atoms with Crippen molar-refractivity contribution in [3.05, 3.63) is 11.3 Å². The van der Waals surface area contributed by atoms with Gasteiger partial charge in [0.05, 0.1) is 5.70 Å². The van der Waals surface area contributed by atoms with Crippen LogP contribution < -0.4 is 0 Å². The van der Waals surface area contributed by atoms with Gasteiger partial charge in [-0.05, 0) is 13.8 Å². The molecule has 1 aliphatic rings. The van der Waals surface area contributed by atoms with Gasteiger partial charge in [-0.15, -0.1) is 5.11 Å². The number of hydrogen-bond donors (Lipinski definition) is 0. The molecule has 0 spiro atoms. The molecular weight excluding hydrogens is 164 g/mol. The lowest BCUT2D eigenvalue weighted by atomic mass is 10.2. The monoisotopic (exact) mass is 182 g/mol. The molecule has 3 nitrogen and oxygen atoms in total. The molecule has 0 N–H and O–H groups in total. The third-order valence-corrected chi connectivity index (χ3v) is 1.86. The standard InChI is InChI=1S/C5H6N2O.C5H12/c1-3-4(2)6-7-5(3)8;1-3-5-4-2/h1-2H3;3-5H2,1-2H3. The summed E-state index contributed by atoms with van der Waals surface area (Å²) in [4.78, 5) is 10.5. The van der Waals surface area contributed by atoms with Crippen LogP contribution in [0.3, 0.4) is 0 Å². The average Bonchev–Trinajstić information content (AvgIpc) is 2.39. The van der Waals surface area contributed by atoms with Crippen molar-refractivity contribution in [1.82, 2.24) is 0 Å². The van der Waals surface area contributed by atoms with Gasteiger partial charge >= 0.3 is 0 Å². The number of nitrogens with zero attached hydrogens (tertiary/aromatic N) is 2. The normalized spacial score (nSPS) is 14.6. The predicted molar refractivity (Wildman–Crippen MR) is 53.4 cm³/mol. The van der Waals surface area contributed by atoms with Gasteiger partial charge in [0.1, 0.15) is 0 Å². The van der Waals surface area contributed by atoms with Crippen molar-refractivity contribution < 1.29 is 4.79 Å².